The molecule has 1 N–H and O–H groups in total. The first-order valence-corrected chi connectivity index (χ1v) is 9.37. The highest BCUT2D eigenvalue weighted by Crippen LogP contribution is 2.35. The van der Waals surface area contributed by atoms with Gasteiger partial charge in [-0.25, -0.2) is 0 Å². The van der Waals surface area contributed by atoms with Crippen molar-refractivity contribution in [2.45, 2.75) is 19.6 Å². The summed E-state index contributed by atoms with van der Waals surface area (Å²) in [6.07, 6.45) is 0.632. The Kier molecular flexibility index (Phi) is 6.51. The summed E-state index contributed by atoms with van der Waals surface area (Å²) in [6.45, 7) is 2.01. The van der Waals surface area contributed by atoms with E-state index in [1.807, 2.05) is 49.4 Å². The van der Waals surface area contributed by atoms with Gasteiger partial charge < -0.3 is 10.1 Å². The molecule has 3 rings (SSSR count). The number of nitrogens with one attached hydrogen (secondary N) is 1. The average Bonchev–Trinajstić information content (AvgIpc) is 2.80. The van der Waals surface area contributed by atoms with E-state index < -0.39 is 4.92 Å². The molecule has 3 aromatic carbocycles. The number of anilines is 1. The van der Waals surface area contributed by atoms with Crippen molar-refractivity contribution in [3.05, 3.63) is 69.8 Å². The predicted molar refractivity (Wildman–Crippen MR) is 115 cm³/mol. The van der Waals surface area contributed by atoms with E-state index >= 15 is 0 Å². The normalized spacial score (nSPS) is 11.7. The van der Waals surface area contributed by atoms with Gasteiger partial charge in [0.2, 0.25) is 0 Å². The molecule has 154 valence electrons. The minimum atomic E-state index is -0.661. The Hall–Kier alpha value is -4.34. The van der Waals surface area contributed by atoms with Crippen LogP contribution < -0.4 is 5.32 Å². The molecule has 31 heavy (non-hydrogen) atoms. The lowest BCUT2D eigenvalue weighted by Crippen LogP contribution is -2.20. The fourth-order valence-corrected chi connectivity index (χ4v) is 3.10. The van der Waals surface area contributed by atoms with Gasteiger partial charge in [-0.2, -0.15) is 10.5 Å². The second kappa shape index (κ2) is 9.44. The third kappa shape index (κ3) is 4.47. The summed E-state index contributed by atoms with van der Waals surface area (Å²) in [5, 5.41) is 43.2. The molecule has 0 spiro atoms. The fourth-order valence-electron chi connectivity index (χ4n) is 3.10. The number of nitro benzene ring substituents is 1. The summed E-state index contributed by atoms with van der Waals surface area (Å²) >= 11 is 0. The maximum Gasteiger partial charge on any atom is 0.272 e. The van der Waals surface area contributed by atoms with Crippen molar-refractivity contribution in [2.75, 3.05) is 12.4 Å². The Labute approximate surface area is 178 Å². The van der Waals surface area contributed by atoms with Crippen LogP contribution in [0.2, 0.25) is 0 Å². The molecule has 0 fully saturated rings. The van der Waals surface area contributed by atoms with Gasteiger partial charge >= 0.3 is 0 Å². The number of methoxy groups -OCH3 is 1. The topological polar surface area (TPSA) is 137 Å². The Morgan fingerprint density at radius 1 is 1.10 bits per heavy atom. The van der Waals surface area contributed by atoms with Gasteiger partial charge in [0, 0.05) is 35.7 Å². The van der Waals surface area contributed by atoms with E-state index in [1.165, 1.54) is 0 Å². The molecule has 0 aliphatic heterocycles. The number of hydrogen-bond donors (Lipinski definition) is 1. The SMILES string of the molecule is CCC(Nc1ccc(N=Nc2c(C#N)cc([N+](=O)[O-])cc2C#N)c2ccccc12)OC. The van der Waals surface area contributed by atoms with Crippen molar-refractivity contribution in [1.29, 1.82) is 10.5 Å². The van der Waals surface area contributed by atoms with Crippen LogP contribution in [0.15, 0.2) is 58.8 Å². The predicted octanol–water partition coefficient (Wildman–Crippen LogP) is 5.70. The van der Waals surface area contributed by atoms with Crippen LogP contribution >= 0.6 is 0 Å². The molecule has 1 unspecified atom stereocenters. The summed E-state index contributed by atoms with van der Waals surface area (Å²) in [6, 6.07) is 17.1. The van der Waals surface area contributed by atoms with Crippen LogP contribution in [0.25, 0.3) is 10.8 Å². The molecule has 0 saturated heterocycles. The molecule has 0 aliphatic rings. The number of rotatable bonds is 7. The van der Waals surface area contributed by atoms with Crippen LogP contribution in [0.4, 0.5) is 22.7 Å². The van der Waals surface area contributed by atoms with E-state index in [0.717, 1.165) is 35.0 Å². The Bertz CT molecular complexity index is 1220. The van der Waals surface area contributed by atoms with Gasteiger partial charge in [-0.3, -0.25) is 10.1 Å². The first-order valence-electron chi connectivity index (χ1n) is 9.37. The lowest BCUT2D eigenvalue weighted by molar-refractivity contribution is -0.384. The molecule has 0 saturated carbocycles. The Morgan fingerprint density at radius 2 is 1.74 bits per heavy atom. The first-order chi connectivity index (χ1) is 15.0. The maximum atomic E-state index is 11.0. The van der Waals surface area contributed by atoms with Crippen LogP contribution in [-0.4, -0.2) is 18.3 Å². The maximum absolute atomic E-state index is 11.0. The minimum Gasteiger partial charge on any atom is -0.362 e. The van der Waals surface area contributed by atoms with Crippen LogP contribution in [0, 0.1) is 32.8 Å². The summed E-state index contributed by atoms with van der Waals surface area (Å²) in [7, 11) is 1.63. The monoisotopic (exact) mass is 414 g/mol. The molecule has 0 bridgehead atoms. The van der Waals surface area contributed by atoms with Gasteiger partial charge in [-0.15, -0.1) is 10.2 Å². The number of benzene rings is 3. The van der Waals surface area contributed by atoms with Gasteiger partial charge in [-0.1, -0.05) is 31.2 Å². The Morgan fingerprint density at radius 3 is 2.29 bits per heavy atom. The number of azo groups is 1. The lowest BCUT2D eigenvalue weighted by atomic mass is 10.1. The second-order valence-electron chi connectivity index (χ2n) is 6.52. The van der Waals surface area contributed by atoms with Crippen LogP contribution in [-0.2, 0) is 4.74 Å². The summed E-state index contributed by atoms with van der Waals surface area (Å²) in [5.74, 6) is 0. The molecule has 3 aromatic rings. The highest BCUT2D eigenvalue weighted by atomic mass is 16.6. The van der Waals surface area contributed by atoms with E-state index in [2.05, 4.69) is 15.5 Å². The van der Waals surface area contributed by atoms with Crippen molar-refractivity contribution < 1.29 is 9.66 Å². The van der Waals surface area contributed by atoms with Crippen molar-refractivity contribution in [3.8, 4) is 12.1 Å². The summed E-state index contributed by atoms with van der Waals surface area (Å²) in [5.41, 5.74) is 0.849. The van der Waals surface area contributed by atoms with Gasteiger partial charge in [0.25, 0.3) is 5.69 Å². The zero-order valence-electron chi connectivity index (χ0n) is 16.9. The lowest BCUT2D eigenvalue weighted by Gasteiger charge is -2.18. The minimum absolute atomic E-state index is 0.00712. The number of nitriles is 2. The Balaban J connectivity index is 2.08. The second-order valence-corrected chi connectivity index (χ2v) is 6.52. The van der Waals surface area contributed by atoms with Gasteiger partial charge in [0.05, 0.1) is 21.7 Å². The van der Waals surface area contributed by atoms with E-state index in [-0.39, 0.29) is 28.7 Å². The number of non-ortho nitro benzene ring substituents is 1. The smallest absolute Gasteiger partial charge is 0.272 e. The molecule has 0 radical (unpaired) electrons. The van der Waals surface area contributed by atoms with Crippen molar-refractivity contribution >= 4 is 33.5 Å². The largest absolute Gasteiger partial charge is 0.362 e. The molecule has 0 amide bonds. The summed E-state index contributed by atoms with van der Waals surface area (Å²) < 4.78 is 5.40. The fraction of sp³-hybridized carbons (Fsp3) is 0.182. The molecular formula is C22H18N6O3. The zero-order valence-corrected chi connectivity index (χ0v) is 16.9. The average molecular weight is 414 g/mol. The van der Waals surface area contributed by atoms with E-state index in [1.54, 1.807) is 13.2 Å². The van der Waals surface area contributed by atoms with Crippen LogP contribution in [0.1, 0.15) is 24.5 Å². The van der Waals surface area contributed by atoms with Crippen LogP contribution in [0.5, 0.6) is 0 Å². The van der Waals surface area contributed by atoms with Gasteiger partial charge in [-0.05, 0) is 18.6 Å². The standard InChI is InChI=1S/C22H18N6O3/c1-3-21(31-2)25-19-8-9-20(18-7-5-4-6-17(18)19)26-27-22-14(12-23)10-16(28(29)30)11-15(22)13-24/h4-11,21,25H,3H2,1-2H3. The highest BCUT2D eigenvalue weighted by Gasteiger charge is 2.17. The molecule has 9 heteroatoms. The quantitative estimate of drug-likeness (QED) is 0.228. The van der Waals surface area contributed by atoms with E-state index in [9.17, 15) is 20.6 Å². The van der Waals surface area contributed by atoms with Crippen molar-refractivity contribution in [2.24, 2.45) is 10.2 Å². The van der Waals surface area contributed by atoms with Gasteiger partial charge in [0.1, 0.15) is 24.1 Å². The van der Waals surface area contributed by atoms with Crippen molar-refractivity contribution in [1.82, 2.24) is 0 Å². The molecule has 1 atom stereocenters. The molecule has 9 nitrogen and oxygen atoms in total. The van der Waals surface area contributed by atoms with E-state index in [0.29, 0.717) is 5.69 Å². The number of ether oxygens (including phenoxy) is 1. The summed E-state index contributed by atoms with van der Waals surface area (Å²) in [4.78, 5) is 10.4. The number of nitro groups is 1. The molecule has 0 aromatic heterocycles. The third-order valence-corrected chi connectivity index (χ3v) is 4.68. The first kappa shape index (κ1) is 21.4. The molecular weight excluding hydrogens is 396 g/mol. The zero-order chi connectivity index (χ0) is 22.4. The van der Waals surface area contributed by atoms with Crippen LogP contribution in [0.3, 0.4) is 0 Å². The van der Waals surface area contributed by atoms with Crippen molar-refractivity contribution in [3.63, 3.8) is 0 Å². The van der Waals surface area contributed by atoms with E-state index in [4.69, 9.17) is 4.74 Å². The number of hydrogen-bond acceptors (Lipinski definition) is 8. The highest BCUT2D eigenvalue weighted by molar-refractivity contribution is 6.00. The molecule has 0 aliphatic carbocycles. The third-order valence-electron chi connectivity index (χ3n) is 4.68. The number of fused-ring (bicyclic) bond motifs is 1. The molecule has 0 heterocycles. The van der Waals surface area contributed by atoms with Gasteiger partial charge in [0.15, 0.2) is 0 Å². The number of nitrogens with zero attached hydrogens (tertiary/aromatic N) is 5.